The lowest BCUT2D eigenvalue weighted by Crippen LogP contribution is -2.26. The van der Waals surface area contributed by atoms with Crippen molar-refractivity contribution in [2.75, 3.05) is 19.8 Å². The SMILES string of the molecule is CCOC1CN([O-])CN1. The first kappa shape index (κ1) is 6.95. The summed E-state index contributed by atoms with van der Waals surface area (Å²) in [6, 6.07) is 0. The minimum atomic E-state index is -0.0486. The van der Waals surface area contributed by atoms with Crippen LogP contribution in [0, 0.1) is 5.21 Å². The first-order valence-electron chi connectivity index (χ1n) is 3.10. The molecule has 1 heterocycles. The Bertz CT molecular complexity index is 87.0. The predicted octanol–water partition coefficient (Wildman–Crippen LogP) is -0.290. The summed E-state index contributed by atoms with van der Waals surface area (Å²) in [6.07, 6.45) is -0.0486. The molecule has 0 bridgehead atoms. The van der Waals surface area contributed by atoms with Crippen molar-refractivity contribution >= 4 is 0 Å². The second-order valence-electron chi connectivity index (χ2n) is 1.97. The third-order valence-corrected chi connectivity index (χ3v) is 1.23. The maximum Gasteiger partial charge on any atom is 0.121 e. The van der Waals surface area contributed by atoms with E-state index in [2.05, 4.69) is 5.32 Å². The Kier molecular flexibility index (Phi) is 2.41. The lowest BCUT2D eigenvalue weighted by molar-refractivity contribution is 0.0577. The number of hydrogen-bond acceptors (Lipinski definition) is 4. The fraction of sp³-hybridized carbons (Fsp3) is 1.00. The molecule has 1 saturated heterocycles. The molecule has 0 radical (unpaired) electrons. The molecule has 4 heteroatoms. The normalized spacial score (nSPS) is 29.3. The molecule has 1 aliphatic heterocycles. The smallest absolute Gasteiger partial charge is 0.121 e. The van der Waals surface area contributed by atoms with Gasteiger partial charge in [0.15, 0.2) is 0 Å². The van der Waals surface area contributed by atoms with Crippen LogP contribution >= 0.6 is 0 Å². The molecule has 9 heavy (non-hydrogen) atoms. The fourth-order valence-corrected chi connectivity index (χ4v) is 0.831. The highest BCUT2D eigenvalue weighted by atomic mass is 16.5. The van der Waals surface area contributed by atoms with Gasteiger partial charge in [0.1, 0.15) is 6.23 Å². The van der Waals surface area contributed by atoms with Gasteiger partial charge < -0.3 is 15.0 Å². The minimum absolute atomic E-state index is 0.0486. The zero-order chi connectivity index (χ0) is 6.69. The molecule has 0 aromatic carbocycles. The van der Waals surface area contributed by atoms with Gasteiger partial charge in [-0.15, -0.1) is 0 Å². The first-order valence-corrected chi connectivity index (χ1v) is 3.10. The van der Waals surface area contributed by atoms with E-state index in [1.807, 2.05) is 6.92 Å². The number of hydroxylamine groups is 2. The number of nitrogens with one attached hydrogen (secondary N) is 1. The summed E-state index contributed by atoms with van der Waals surface area (Å²) in [5.74, 6) is 0. The van der Waals surface area contributed by atoms with E-state index in [0.29, 0.717) is 19.8 Å². The van der Waals surface area contributed by atoms with Crippen molar-refractivity contribution in [2.24, 2.45) is 0 Å². The van der Waals surface area contributed by atoms with Crippen molar-refractivity contribution in [3.8, 4) is 0 Å². The second-order valence-corrected chi connectivity index (χ2v) is 1.97. The second kappa shape index (κ2) is 3.12. The Morgan fingerprint density at radius 2 is 2.67 bits per heavy atom. The van der Waals surface area contributed by atoms with Crippen molar-refractivity contribution in [3.63, 3.8) is 0 Å². The lowest BCUT2D eigenvalue weighted by atomic mass is 10.6. The average Bonchev–Trinajstić information content (AvgIpc) is 2.17. The largest absolute Gasteiger partial charge is 0.784 e. The van der Waals surface area contributed by atoms with Crippen molar-refractivity contribution in [3.05, 3.63) is 5.21 Å². The number of hydrogen-bond donors (Lipinski definition) is 1. The number of nitrogens with zero attached hydrogens (tertiary/aromatic N) is 1. The molecular formula is C5H11N2O2-. The predicted molar refractivity (Wildman–Crippen MR) is 33.5 cm³/mol. The van der Waals surface area contributed by atoms with E-state index >= 15 is 0 Å². The van der Waals surface area contributed by atoms with Crippen molar-refractivity contribution < 1.29 is 4.74 Å². The van der Waals surface area contributed by atoms with Crippen molar-refractivity contribution in [1.82, 2.24) is 10.4 Å². The molecule has 1 N–H and O–H groups in total. The summed E-state index contributed by atoms with van der Waals surface area (Å²) in [7, 11) is 0. The molecule has 4 nitrogen and oxygen atoms in total. The number of ether oxygens (including phenoxy) is 1. The number of rotatable bonds is 2. The standard InChI is InChI=1S/C5H11N2O2/c1-2-9-5-3-7(8)4-6-5/h5-6H,2-4H2,1H3/q-1. The molecule has 1 fully saturated rings. The average molecular weight is 131 g/mol. The Labute approximate surface area is 54.4 Å². The molecule has 1 atom stereocenters. The molecule has 1 aliphatic rings. The maximum absolute atomic E-state index is 10.5. The molecule has 0 spiro atoms. The Hall–Kier alpha value is -0.160. The van der Waals surface area contributed by atoms with Crippen LogP contribution in [0.2, 0.25) is 0 Å². The van der Waals surface area contributed by atoms with E-state index in [-0.39, 0.29) is 6.23 Å². The maximum atomic E-state index is 10.5. The zero-order valence-corrected chi connectivity index (χ0v) is 5.46. The van der Waals surface area contributed by atoms with Crippen LogP contribution in [0.5, 0.6) is 0 Å². The quantitative estimate of drug-likeness (QED) is 0.559. The van der Waals surface area contributed by atoms with Crippen LogP contribution < -0.4 is 5.32 Å². The molecule has 0 saturated carbocycles. The summed E-state index contributed by atoms with van der Waals surface area (Å²) in [5, 5.41) is 14.3. The summed E-state index contributed by atoms with van der Waals surface area (Å²) in [4.78, 5) is 0. The van der Waals surface area contributed by atoms with Crippen LogP contribution in [0.4, 0.5) is 0 Å². The molecule has 1 rings (SSSR count). The van der Waals surface area contributed by atoms with Crippen molar-refractivity contribution in [1.29, 1.82) is 0 Å². The van der Waals surface area contributed by atoms with Crippen LogP contribution in [0.15, 0.2) is 0 Å². The highest BCUT2D eigenvalue weighted by Gasteiger charge is 2.13. The Morgan fingerprint density at radius 3 is 3.11 bits per heavy atom. The summed E-state index contributed by atoms with van der Waals surface area (Å²) in [5.41, 5.74) is 0. The summed E-state index contributed by atoms with van der Waals surface area (Å²) >= 11 is 0. The molecular weight excluding hydrogens is 120 g/mol. The van der Waals surface area contributed by atoms with Gasteiger partial charge in [-0.3, -0.25) is 5.32 Å². The van der Waals surface area contributed by atoms with E-state index < -0.39 is 0 Å². The molecule has 0 aromatic heterocycles. The van der Waals surface area contributed by atoms with Crippen LogP contribution in [-0.4, -0.2) is 31.1 Å². The van der Waals surface area contributed by atoms with E-state index in [0.717, 1.165) is 5.06 Å². The van der Waals surface area contributed by atoms with Gasteiger partial charge in [-0.1, -0.05) is 0 Å². The first-order chi connectivity index (χ1) is 4.33. The van der Waals surface area contributed by atoms with Gasteiger partial charge in [0.25, 0.3) is 0 Å². The van der Waals surface area contributed by atoms with Gasteiger partial charge in [0.05, 0.1) is 0 Å². The molecule has 0 amide bonds. The fourth-order valence-electron chi connectivity index (χ4n) is 0.831. The van der Waals surface area contributed by atoms with Crippen LogP contribution in [0.3, 0.4) is 0 Å². The Morgan fingerprint density at radius 1 is 1.89 bits per heavy atom. The van der Waals surface area contributed by atoms with E-state index in [1.165, 1.54) is 0 Å². The lowest BCUT2D eigenvalue weighted by Gasteiger charge is -2.18. The van der Waals surface area contributed by atoms with Crippen LogP contribution in [0.25, 0.3) is 0 Å². The van der Waals surface area contributed by atoms with Gasteiger partial charge in [-0.05, 0) is 6.92 Å². The van der Waals surface area contributed by atoms with Gasteiger partial charge >= 0.3 is 0 Å². The highest BCUT2D eigenvalue weighted by Crippen LogP contribution is 1.98. The summed E-state index contributed by atoms with van der Waals surface area (Å²) in [6.45, 7) is 3.42. The molecule has 54 valence electrons. The van der Waals surface area contributed by atoms with Gasteiger partial charge in [0.2, 0.25) is 0 Å². The van der Waals surface area contributed by atoms with Gasteiger partial charge in [0, 0.05) is 19.8 Å². The monoisotopic (exact) mass is 131 g/mol. The molecule has 1 unspecified atom stereocenters. The van der Waals surface area contributed by atoms with Crippen molar-refractivity contribution in [2.45, 2.75) is 13.2 Å². The third kappa shape index (κ3) is 1.91. The Balaban J connectivity index is 2.14. The van der Waals surface area contributed by atoms with E-state index in [1.54, 1.807) is 0 Å². The van der Waals surface area contributed by atoms with Crippen LogP contribution in [0.1, 0.15) is 6.92 Å². The van der Waals surface area contributed by atoms with Gasteiger partial charge in [-0.2, -0.15) is 0 Å². The van der Waals surface area contributed by atoms with E-state index in [9.17, 15) is 5.21 Å². The summed E-state index contributed by atoms with van der Waals surface area (Å²) < 4.78 is 5.12. The highest BCUT2D eigenvalue weighted by molar-refractivity contribution is 4.70. The molecule has 0 aromatic rings. The minimum Gasteiger partial charge on any atom is -0.784 e. The third-order valence-electron chi connectivity index (χ3n) is 1.23. The molecule has 0 aliphatic carbocycles. The van der Waals surface area contributed by atoms with Gasteiger partial charge in [-0.25, -0.2) is 0 Å². The zero-order valence-electron chi connectivity index (χ0n) is 5.46. The topological polar surface area (TPSA) is 47.6 Å². The van der Waals surface area contributed by atoms with E-state index in [4.69, 9.17) is 4.74 Å². The van der Waals surface area contributed by atoms with Crippen LogP contribution in [-0.2, 0) is 4.74 Å².